The maximum atomic E-state index is 13.8. The number of ether oxygens (including phenoxy) is 1. The molecule has 3 nitrogen and oxygen atoms in total. The van der Waals surface area contributed by atoms with E-state index in [1.54, 1.807) is 0 Å². The third-order valence-corrected chi connectivity index (χ3v) is 8.60. The minimum atomic E-state index is -0.191. The Morgan fingerprint density at radius 3 is 2.59 bits per heavy atom. The summed E-state index contributed by atoms with van der Waals surface area (Å²) in [6, 6.07) is 11.5. The third kappa shape index (κ3) is 3.44. The molecule has 4 bridgehead atoms. The molecule has 1 unspecified atom stereocenters. The molecule has 5 saturated carbocycles. The molecule has 0 saturated heterocycles. The van der Waals surface area contributed by atoms with E-state index < -0.39 is 0 Å². The molecule has 1 aromatic rings. The van der Waals surface area contributed by atoms with Crippen LogP contribution in [0.2, 0.25) is 0 Å². The van der Waals surface area contributed by atoms with Crippen molar-refractivity contribution < 1.29 is 9.53 Å². The van der Waals surface area contributed by atoms with Gasteiger partial charge in [-0.2, -0.15) is 0 Å². The Labute approximate surface area is 176 Å². The first kappa shape index (κ1) is 19.6. The van der Waals surface area contributed by atoms with Crippen LogP contribution in [0.1, 0.15) is 83.1 Å². The molecular formula is C26H37NO2. The van der Waals surface area contributed by atoms with Crippen LogP contribution in [-0.4, -0.2) is 25.2 Å². The minimum absolute atomic E-state index is 0.154. The number of rotatable bonds is 6. The number of benzene rings is 1. The quantitative estimate of drug-likeness (QED) is 0.702. The summed E-state index contributed by atoms with van der Waals surface area (Å²) in [6.07, 6.45) is 13.0. The molecule has 5 fully saturated rings. The number of hydrogen-bond donors (Lipinski definition) is 1. The van der Waals surface area contributed by atoms with Gasteiger partial charge in [-0.25, -0.2) is 0 Å². The molecule has 1 N–H and O–H groups in total. The summed E-state index contributed by atoms with van der Waals surface area (Å²) >= 11 is 0. The van der Waals surface area contributed by atoms with Crippen LogP contribution in [0.3, 0.4) is 0 Å². The summed E-state index contributed by atoms with van der Waals surface area (Å²) < 4.78 is 6.04. The van der Waals surface area contributed by atoms with E-state index in [1.165, 1.54) is 56.9 Å². The van der Waals surface area contributed by atoms with Crippen LogP contribution in [0.25, 0.3) is 0 Å². The molecular weight excluding hydrogens is 358 g/mol. The van der Waals surface area contributed by atoms with Crippen LogP contribution in [0, 0.1) is 16.7 Å². The predicted octanol–water partition coefficient (Wildman–Crippen LogP) is 5.38. The Balaban J connectivity index is 1.48. The van der Waals surface area contributed by atoms with Crippen molar-refractivity contribution in [1.82, 2.24) is 5.32 Å². The van der Waals surface area contributed by atoms with Gasteiger partial charge in [-0.3, -0.25) is 4.79 Å². The van der Waals surface area contributed by atoms with Crippen molar-refractivity contribution in [1.29, 1.82) is 0 Å². The van der Waals surface area contributed by atoms with Crippen molar-refractivity contribution in [3.8, 4) is 0 Å². The van der Waals surface area contributed by atoms with Gasteiger partial charge in [-0.15, -0.1) is 0 Å². The van der Waals surface area contributed by atoms with Gasteiger partial charge in [0.25, 0.3) is 0 Å². The van der Waals surface area contributed by atoms with Gasteiger partial charge in [0.1, 0.15) is 0 Å². The van der Waals surface area contributed by atoms with E-state index in [0.717, 1.165) is 32.5 Å². The van der Waals surface area contributed by atoms with Gasteiger partial charge in [0, 0.05) is 12.6 Å². The van der Waals surface area contributed by atoms with Gasteiger partial charge in [-0.05, 0) is 80.6 Å². The fourth-order valence-electron chi connectivity index (χ4n) is 8.07. The summed E-state index contributed by atoms with van der Waals surface area (Å²) in [6.45, 7) is 3.69. The van der Waals surface area contributed by atoms with Crippen molar-refractivity contribution >= 4 is 5.91 Å². The second kappa shape index (κ2) is 7.41. The highest BCUT2D eigenvalue weighted by Gasteiger charge is 2.66. The maximum Gasteiger partial charge on any atom is 0.226 e. The topological polar surface area (TPSA) is 38.3 Å². The van der Waals surface area contributed by atoms with E-state index in [4.69, 9.17) is 4.74 Å². The van der Waals surface area contributed by atoms with Gasteiger partial charge in [0.15, 0.2) is 0 Å². The largest absolute Gasteiger partial charge is 0.381 e. The number of carbonyl (C=O) groups excluding carboxylic acids is 1. The molecule has 4 atom stereocenters. The average molecular weight is 396 g/mol. The smallest absolute Gasteiger partial charge is 0.226 e. The zero-order valence-electron chi connectivity index (χ0n) is 18.1. The van der Waals surface area contributed by atoms with Gasteiger partial charge >= 0.3 is 0 Å². The van der Waals surface area contributed by atoms with Crippen LogP contribution in [0.15, 0.2) is 30.3 Å². The monoisotopic (exact) mass is 395 g/mol. The molecule has 5 aliphatic carbocycles. The van der Waals surface area contributed by atoms with Gasteiger partial charge in [0.05, 0.1) is 12.0 Å². The molecule has 0 heterocycles. The van der Waals surface area contributed by atoms with Crippen LogP contribution in [0.4, 0.5) is 0 Å². The molecule has 1 aromatic carbocycles. The van der Waals surface area contributed by atoms with Crippen LogP contribution in [-0.2, 0) is 14.9 Å². The molecule has 158 valence electrons. The third-order valence-electron chi connectivity index (χ3n) is 8.60. The Bertz CT molecular complexity index is 742. The van der Waals surface area contributed by atoms with Crippen LogP contribution in [0.5, 0.6) is 0 Å². The highest BCUT2D eigenvalue weighted by molar-refractivity contribution is 5.84. The van der Waals surface area contributed by atoms with Crippen molar-refractivity contribution in [2.45, 2.75) is 89.0 Å². The zero-order valence-corrected chi connectivity index (χ0v) is 18.1. The Morgan fingerprint density at radius 2 is 1.83 bits per heavy atom. The first-order valence-electron chi connectivity index (χ1n) is 12.0. The SMILES string of the molecule is CCOC[C@]12CC3C[C@@](C(=O)NC4CCCCC4)(C1)C[C@@](c1ccccc1)(C3)C2. The molecule has 0 radical (unpaired) electrons. The van der Waals surface area contributed by atoms with Crippen LogP contribution >= 0.6 is 0 Å². The van der Waals surface area contributed by atoms with Crippen LogP contribution < -0.4 is 5.32 Å². The summed E-state index contributed by atoms with van der Waals surface area (Å²) in [7, 11) is 0. The number of nitrogens with one attached hydrogen (secondary N) is 1. The standard InChI is InChI=1S/C26H37NO2/c1-2-29-19-24-13-20-14-25(16-24,21-9-5-3-6-10-21)18-26(15-20,17-24)23(28)27-22-11-7-4-8-12-22/h3,5-6,9-10,20,22H,2,4,7-8,11-19H2,1H3,(H,27,28)/t20?,24-,25+,26+/m0/s1. The lowest BCUT2D eigenvalue weighted by Crippen LogP contribution is -2.64. The summed E-state index contributed by atoms with van der Waals surface area (Å²) in [5.41, 5.74) is 1.60. The predicted molar refractivity (Wildman–Crippen MR) is 116 cm³/mol. The number of hydrogen-bond acceptors (Lipinski definition) is 2. The van der Waals surface area contributed by atoms with Crippen molar-refractivity contribution in [3.05, 3.63) is 35.9 Å². The highest BCUT2D eigenvalue weighted by atomic mass is 16.5. The van der Waals surface area contributed by atoms with E-state index in [-0.39, 0.29) is 16.2 Å². The lowest BCUT2D eigenvalue weighted by molar-refractivity contribution is -0.172. The molecule has 0 aromatic heterocycles. The normalized spacial score (nSPS) is 38.9. The fourth-order valence-corrected chi connectivity index (χ4v) is 8.07. The minimum Gasteiger partial charge on any atom is -0.381 e. The summed E-state index contributed by atoms with van der Waals surface area (Å²) in [4.78, 5) is 13.8. The average Bonchev–Trinajstić information content (AvgIpc) is 2.73. The van der Waals surface area contributed by atoms with E-state index >= 15 is 0 Å². The van der Waals surface area contributed by atoms with E-state index in [0.29, 0.717) is 17.9 Å². The van der Waals surface area contributed by atoms with E-state index in [1.807, 2.05) is 0 Å². The number of carbonyl (C=O) groups is 1. The second-order valence-electron chi connectivity index (χ2n) is 10.9. The second-order valence-corrected chi connectivity index (χ2v) is 10.9. The summed E-state index contributed by atoms with van der Waals surface area (Å²) in [5.74, 6) is 1.03. The lowest BCUT2D eigenvalue weighted by Gasteiger charge is -2.66. The molecule has 0 aliphatic heterocycles. The Kier molecular flexibility index (Phi) is 5.01. The van der Waals surface area contributed by atoms with Crippen molar-refractivity contribution in [2.75, 3.05) is 13.2 Å². The first-order chi connectivity index (χ1) is 14.1. The number of amides is 1. The molecule has 1 amide bonds. The molecule has 3 heteroatoms. The summed E-state index contributed by atoms with van der Waals surface area (Å²) in [5, 5.41) is 3.54. The Hall–Kier alpha value is -1.35. The van der Waals surface area contributed by atoms with E-state index in [2.05, 4.69) is 42.6 Å². The zero-order chi connectivity index (χ0) is 20.0. The van der Waals surface area contributed by atoms with Crippen molar-refractivity contribution in [3.63, 3.8) is 0 Å². The maximum absolute atomic E-state index is 13.8. The highest BCUT2D eigenvalue weighted by Crippen LogP contribution is 2.70. The van der Waals surface area contributed by atoms with Gasteiger partial charge < -0.3 is 10.1 Å². The van der Waals surface area contributed by atoms with Crippen molar-refractivity contribution in [2.24, 2.45) is 16.7 Å². The fraction of sp³-hybridized carbons (Fsp3) is 0.731. The van der Waals surface area contributed by atoms with Gasteiger partial charge in [-0.1, -0.05) is 49.6 Å². The van der Waals surface area contributed by atoms with E-state index in [9.17, 15) is 4.79 Å². The molecule has 6 rings (SSSR count). The molecule has 5 aliphatic rings. The first-order valence-corrected chi connectivity index (χ1v) is 12.0. The lowest BCUT2D eigenvalue weighted by atomic mass is 9.38. The molecule has 0 spiro atoms. The Morgan fingerprint density at radius 1 is 1.03 bits per heavy atom. The molecule has 29 heavy (non-hydrogen) atoms. The van der Waals surface area contributed by atoms with Gasteiger partial charge in [0.2, 0.25) is 5.91 Å².